The Labute approximate surface area is 126 Å². The highest BCUT2D eigenvalue weighted by Gasteiger charge is 2.07. The predicted octanol–water partition coefficient (Wildman–Crippen LogP) is 1.58. The molecule has 1 N–H and O–H groups in total. The Morgan fingerprint density at radius 1 is 1.24 bits per heavy atom. The summed E-state index contributed by atoms with van der Waals surface area (Å²) in [4.78, 5) is 24.8. The van der Waals surface area contributed by atoms with E-state index in [1.165, 1.54) is 5.56 Å². The van der Waals surface area contributed by atoms with Crippen LogP contribution in [0.1, 0.15) is 25.3 Å². The smallest absolute Gasteiger partial charge is 0.305 e. The van der Waals surface area contributed by atoms with Crippen LogP contribution in [0, 0.1) is 0 Å². The number of nitrogens with zero attached hydrogens (tertiary/aromatic N) is 1. The molecule has 5 nitrogen and oxygen atoms in total. The third-order valence-corrected chi connectivity index (χ3v) is 2.89. The molecule has 0 unspecified atom stereocenters. The normalized spacial score (nSPS) is 10.4. The first-order chi connectivity index (χ1) is 10.1. The van der Waals surface area contributed by atoms with Crippen LogP contribution in [0.3, 0.4) is 0 Å². The van der Waals surface area contributed by atoms with Gasteiger partial charge in [-0.1, -0.05) is 30.3 Å². The number of ether oxygens (including phenoxy) is 1. The van der Waals surface area contributed by atoms with Crippen LogP contribution >= 0.6 is 0 Å². The van der Waals surface area contributed by atoms with Crippen LogP contribution < -0.4 is 5.32 Å². The zero-order valence-corrected chi connectivity index (χ0v) is 12.8. The molecule has 0 saturated heterocycles. The second-order valence-electron chi connectivity index (χ2n) is 4.92. The van der Waals surface area contributed by atoms with Crippen molar-refractivity contribution in [2.75, 3.05) is 26.7 Å². The molecule has 0 fully saturated rings. The zero-order valence-electron chi connectivity index (χ0n) is 12.8. The lowest BCUT2D eigenvalue weighted by Crippen LogP contribution is -2.35. The highest BCUT2D eigenvalue weighted by atomic mass is 16.5. The molecule has 0 radical (unpaired) electrons. The van der Waals surface area contributed by atoms with E-state index in [1.54, 1.807) is 6.92 Å². The Morgan fingerprint density at radius 2 is 1.95 bits per heavy atom. The van der Waals surface area contributed by atoms with Gasteiger partial charge in [-0.15, -0.1) is 0 Å². The van der Waals surface area contributed by atoms with E-state index in [0.717, 1.165) is 6.54 Å². The number of likely N-dealkylation sites (N-methyl/N-ethyl adjacent to an activating group) is 1. The van der Waals surface area contributed by atoms with E-state index in [-0.39, 0.29) is 11.9 Å². The molecule has 0 spiro atoms. The van der Waals surface area contributed by atoms with Gasteiger partial charge in [0, 0.05) is 19.5 Å². The zero-order chi connectivity index (χ0) is 15.5. The van der Waals surface area contributed by atoms with Crippen molar-refractivity contribution in [3.63, 3.8) is 0 Å². The molecular weight excluding hydrogens is 268 g/mol. The van der Waals surface area contributed by atoms with Crippen molar-refractivity contribution < 1.29 is 14.3 Å². The molecule has 21 heavy (non-hydrogen) atoms. The fourth-order valence-electron chi connectivity index (χ4n) is 1.95. The number of esters is 1. The highest BCUT2D eigenvalue weighted by Crippen LogP contribution is 2.01. The maximum Gasteiger partial charge on any atom is 0.305 e. The average Bonchev–Trinajstić information content (AvgIpc) is 2.45. The minimum Gasteiger partial charge on any atom is -0.466 e. The lowest BCUT2D eigenvalue weighted by Gasteiger charge is -2.16. The topological polar surface area (TPSA) is 58.6 Å². The van der Waals surface area contributed by atoms with Crippen LogP contribution in [0.2, 0.25) is 0 Å². The molecule has 0 bridgehead atoms. The van der Waals surface area contributed by atoms with E-state index < -0.39 is 0 Å². The van der Waals surface area contributed by atoms with Gasteiger partial charge in [-0.3, -0.25) is 14.5 Å². The quantitative estimate of drug-likeness (QED) is 0.554. The van der Waals surface area contributed by atoms with Gasteiger partial charge in [0.25, 0.3) is 0 Å². The average molecular weight is 292 g/mol. The fourth-order valence-corrected chi connectivity index (χ4v) is 1.95. The molecule has 1 aromatic carbocycles. The van der Waals surface area contributed by atoms with Crippen LogP contribution in [-0.2, 0) is 20.9 Å². The van der Waals surface area contributed by atoms with Crippen molar-refractivity contribution in [1.29, 1.82) is 0 Å². The van der Waals surface area contributed by atoms with Crippen molar-refractivity contribution in [2.24, 2.45) is 0 Å². The standard InChI is InChI=1S/C16H24N2O3/c1-3-21-16(20)10-7-11-17-15(19)13-18(2)12-14-8-5-4-6-9-14/h4-6,8-9H,3,7,10-13H2,1-2H3,(H,17,19). The lowest BCUT2D eigenvalue weighted by molar-refractivity contribution is -0.143. The molecule has 0 aliphatic heterocycles. The molecule has 1 aromatic rings. The van der Waals surface area contributed by atoms with Gasteiger partial charge < -0.3 is 10.1 Å². The highest BCUT2D eigenvalue weighted by molar-refractivity contribution is 5.78. The molecule has 0 heterocycles. The molecule has 0 aromatic heterocycles. The van der Waals surface area contributed by atoms with E-state index in [0.29, 0.717) is 32.5 Å². The fraction of sp³-hybridized carbons (Fsp3) is 0.500. The molecule has 5 heteroatoms. The molecule has 1 rings (SSSR count). The van der Waals surface area contributed by atoms with Gasteiger partial charge in [-0.2, -0.15) is 0 Å². The van der Waals surface area contributed by atoms with Crippen molar-refractivity contribution in [1.82, 2.24) is 10.2 Å². The van der Waals surface area contributed by atoms with Crippen LogP contribution in [0.4, 0.5) is 0 Å². The van der Waals surface area contributed by atoms with E-state index in [4.69, 9.17) is 4.74 Å². The third kappa shape index (κ3) is 8.09. The SMILES string of the molecule is CCOC(=O)CCCNC(=O)CN(C)Cc1ccccc1. The second-order valence-corrected chi connectivity index (χ2v) is 4.92. The number of carbonyl (C=O) groups excluding carboxylic acids is 2. The summed E-state index contributed by atoms with van der Waals surface area (Å²) < 4.78 is 4.82. The third-order valence-electron chi connectivity index (χ3n) is 2.89. The summed E-state index contributed by atoms with van der Waals surface area (Å²) in [6.07, 6.45) is 0.945. The monoisotopic (exact) mass is 292 g/mol. The first-order valence-electron chi connectivity index (χ1n) is 7.26. The van der Waals surface area contributed by atoms with E-state index >= 15 is 0 Å². The maximum atomic E-state index is 11.7. The second kappa shape index (κ2) is 9.94. The first-order valence-corrected chi connectivity index (χ1v) is 7.26. The molecule has 116 valence electrons. The first kappa shape index (κ1) is 17.2. The van der Waals surface area contributed by atoms with Crippen LogP contribution in [0.25, 0.3) is 0 Å². The van der Waals surface area contributed by atoms with Gasteiger partial charge in [-0.25, -0.2) is 0 Å². The molecule has 0 aliphatic carbocycles. The number of hydrogen-bond donors (Lipinski definition) is 1. The summed E-state index contributed by atoms with van der Waals surface area (Å²) >= 11 is 0. The molecule has 0 atom stereocenters. The Balaban J connectivity index is 2.14. The minimum atomic E-state index is -0.215. The van der Waals surface area contributed by atoms with Crippen LogP contribution in [0.15, 0.2) is 30.3 Å². The van der Waals surface area contributed by atoms with Crippen molar-refractivity contribution >= 4 is 11.9 Å². The number of amides is 1. The van der Waals surface area contributed by atoms with E-state index in [1.807, 2.05) is 42.3 Å². The van der Waals surface area contributed by atoms with Gasteiger partial charge in [-0.05, 0) is 26.0 Å². The predicted molar refractivity (Wildman–Crippen MR) is 81.7 cm³/mol. The van der Waals surface area contributed by atoms with E-state index in [2.05, 4.69) is 5.32 Å². The summed E-state index contributed by atoms with van der Waals surface area (Å²) in [6.45, 7) is 3.75. The van der Waals surface area contributed by atoms with Crippen molar-refractivity contribution in [2.45, 2.75) is 26.3 Å². The van der Waals surface area contributed by atoms with Crippen molar-refractivity contribution in [3.05, 3.63) is 35.9 Å². The number of carbonyl (C=O) groups is 2. The molecular formula is C16H24N2O3. The van der Waals surface area contributed by atoms with Gasteiger partial charge >= 0.3 is 5.97 Å². The number of rotatable bonds is 9. The number of hydrogen-bond acceptors (Lipinski definition) is 4. The molecule has 0 aliphatic rings. The Hall–Kier alpha value is -1.88. The van der Waals surface area contributed by atoms with Gasteiger partial charge in [0.2, 0.25) is 5.91 Å². The summed E-state index contributed by atoms with van der Waals surface area (Å²) in [5.74, 6) is -0.245. The summed E-state index contributed by atoms with van der Waals surface area (Å²) in [5.41, 5.74) is 1.18. The summed E-state index contributed by atoms with van der Waals surface area (Å²) in [7, 11) is 1.91. The lowest BCUT2D eigenvalue weighted by atomic mass is 10.2. The van der Waals surface area contributed by atoms with Gasteiger partial charge in [0.1, 0.15) is 0 Å². The molecule has 1 amide bonds. The van der Waals surface area contributed by atoms with Gasteiger partial charge in [0.15, 0.2) is 0 Å². The Bertz CT molecular complexity index is 434. The van der Waals surface area contributed by atoms with Crippen molar-refractivity contribution in [3.8, 4) is 0 Å². The number of benzene rings is 1. The summed E-state index contributed by atoms with van der Waals surface area (Å²) in [5, 5.41) is 2.81. The van der Waals surface area contributed by atoms with Crippen LogP contribution in [0.5, 0.6) is 0 Å². The van der Waals surface area contributed by atoms with Gasteiger partial charge in [0.05, 0.1) is 13.2 Å². The summed E-state index contributed by atoms with van der Waals surface area (Å²) in [6, 6.07) is 10.0. The largest absolute Gasteiger partial charge is 0.466 e. The van der Waals surface area contributed by atoms with Crippen LogP contribution in [-0.4, -0.2) is 43.5 Å². The van der Waals surface area contributed by atoms with E-state index in [9.17, 15) is 9.59 Å². The maximum absolute atomic E-state index is 11.7. The number of nitrogens with one attached hydrogen (secondary N) is 1. The molecule has 0 saturated carbocycles. The Kier molecular flexibility index (Phi) is 8.12. The minimum absolute atomic E-state index is 0.0303. The Morgan fingerprint density at radius 3 is 2.62 bits per heavy atom.